The van der Waals surface area contributed by atoms with Crippen molar-refractivity contribution in [1.82, 2.24) is 34.7 Å². The summed E-state index contributed by atoms with van der Waals surface area (Å²) in [7, 11) is 1.95. The van der Waals surface area contributed by atoms with Crippen molar-refractivity contribution in [2.75, 3.05) is 38.6 Å². The van der Waals surface area contributed by atoms with Gasteiger partial charge < -0.3 is 19.9 Å². The fourth-order valence-corrected chi connectivity index (χ4v) is 5.35. The predicted molar refractivity (Wildman–Crippen MR) is 151 cm³/mol. The van der Waals surface area contributed by atoms with Crippen LogP contribution in [0.5, 0.6) is 0 Å². The molecule has 0 amide bonds. The molecule has 0 bridgehead atoms. The minimum Gasteiger partial charge on any atom is -0.373 e. The predicted octanol–water partition coefficient (Wildman–Crippen LogP) is 5.00. The lowest BCUT2D eigenvalue weighted by molar-refractivity contribution is -0.103. The highest BCUT2D eigenvalue weighted by Crippen LogP contribution is 2.30. The summed E-state index contributed by atoms with van der Waals surface area (Å²) < 4.78 is 37.8. The summed E-state index contributed by atoms with van der Waals surface area (Å²) >= 11 is 0. The molecule has 11 heteroatoms. The zero-order chi connectivity index (χ0) is 28.4. The monoisotopic (exact) mass is 550 g/mol. The van der Waals surface area contributed by atoms with Gasteiger partial charge in [-0.1, -0.05) is 6.07 Å². The first-order valence-corrected chi connectivity index (χ1v) is 13.6. The first kappa shape index (κ1) is 28.0. The Hall–Kier alpha value is -3.54. The van der Waals surface area contributed by atoms with Crippen LogP contribution in [0.4, 0.5) is 20.5 Å². The molecule has 0 aliphatic carbocycles. The molecular formula is C29H36F2N8O. The number of aryl methyl sites for hydroxylation is 1. The van der Waals surface area contributed by atoms with E-state index in [2.05, 4.69) is 42.4 Å². The number of ether oxygens (including phenoxy) is 1. The number of nitrogens with zero attached hydrogens (tertiary/aromatic N) is 6. The van der Waals surface area contributed by atoms with Crippen molar-refractivity contribution in [3.8, 4) is 11.3 Å². The molecule has 212 valence electrons. The number of fused-ring (bicyclic) bond motifs is 1. The van der Waals surface area contributed by atoms with Gasteiger partial charge in [-0.25, -0.2) is 28.7 Å². The number of hydrogen-bond acceptors (Lipinski definition) is 8. The first-order valence-electron chi connectivity index (χ1n) is 13.6. The van der Waals surface area contributed by atoms with Crippen molar-refractivity contribution in [3.63, 3.8) is 0 Å². The molecule has 1 aliphatic heterocycles. The van der Waals surface area contributed by atoms with Crippen LogP contribution >= 0.6 is 0 Å². The van der Waals surface area contributed by atoms with Crippen LogP contribution < -0.4 is 10.6 Å². The highest BCUT2D eigenvalue weighted by atomic mass is 19.1. The van der Waals surface area contributed by atoms with Gasteiger partial charge in [0.1, 0.15) is 22.9 Å². The number of halogens is 2. The standard InChI is InChI=1S/C29H36F2N8O/c1-18(2)39-19(3)35-27-22(30)12-21(13-24(27)39)26-23(31)15-34-28(37-26)36-25-7-6-20(14-33-25)16-38-10-11-40-29(4,17-38)8-9-32-5/h6-7,12-15,18,32H,8-11,16-17H2,1-5H3,(H,33,34,36,37)/t29-/m1/s1. The maximum Gasteiger partial charge on any atom is 0.229 e. The summed E-state index contributed by atoms with van der Waals surface area (Å²) in [5, 5.41) is 6.24. The van der Waals surface area contributed by atoms with Crippen LogP contribution in [0.3, 0.4) is 0 Å². The molecular weight excluding hydrogens is 514 g/mol. The second-order valence-electron chi connectivity index (χ2n) is 10.9. The molecule has 0 spiro atoms. The number of imidazole rings is 1. The van der Waals surface area contributed by atoms with Crippen LogP contribution in [0.25, 0.3) is 22.3 Å². The Morgan fingerprint density at radius 1 is 1.10 bits per heavy atom. The summed E-state index contributed by atoms with van der Waals surface area (Å²) in [6, 6.07) is 6.89. The number of aromatic nitrogens is 5. The van der Waals surface area contributed by atoms with Crippen molar-refractivity contribution in [3.05, 3.63) is 59.7 Å². The third-order valence-corrected chi connectivity index (χ3v) is 7.25. The molecule has 4 aromatic rings. The van der Waals surface area contributed by atoms with E-state index in [-0.39, 0.29) is 28.8 Å². The average Bonchev–Trinajstić information content (AvgIpc) is 3.26. The molecule has 3 aromatic heterocycles. The Morgan fingerprint density at radius 2 is 1.93 bits per heavy atom. The van der Waals surface area contributed by atoms with Crippen LogP contribution in [-0.2, 0) is 11.3 Å². The van der Waals surface area contributed by atoms with Gasteiger partial charge in [-0.2, -0.15) is 0 Å². The average molecular weight is 551 g/mol. The molecule has 2 N–H and O–H groups in total. The Labute approximate surface area is 233 Å². The van der Waals surface area contributed by atoms with Gasteiger partial charge in [0.15, 0.2) is 11.6 Å². The maximum atomic E-state index is 15.0. The van der Waals surface area contributed by atoms with E-state index in [4.69, 9.17) is 4.74 Å². The van der Waals surface area contributed by atoms with Gasteiger partial charge in [0.05, 0.1) is 23.9 Å². The summed E-state index contributed by atoms with van der Waals surface area (Å²) in [6.07, 6.45) is 3.84. The van der Waals surface area contributed by atoms with Gasteiger partial charge in [0.2, 0.25) is 5.95 Å². The van der Waals surface area contributed by atoms with Gasteiger partial charge in [0, 0.05) is 37.4 Å². The smallest absolute Gasteiger partial charge is 0.229 e. The highest BCUT2D eigenvalue weighted by Gasteiger charge is 2.31. The van der Waals surface area contributed by atoms with Gasteiger partial charge in [-0.15, -0.1) is 0 Å². The largest absolute Gasteiger partial charge is 0.373 e. The van der Waals surface area contributed by atoms with Gasteiger partial charge in [-0.05, 0) is 71.5 Å². The molecule has 0 radical (unpaired) electrons. The topological polar surface area (TPSA) is 93.0 Å². The van der Waals surface area contributed by atoms with E-state index in [1.54, 1.807) is 6.07 Å². The van der Waals surface area contributed by atoms with Crippen LogP contribution in [0, 0.1) is 18.6 Å². The molecule has 1 aliphatic rings. The second kappa shape index (κ2) is 11.5. The Kier molecular flexibility index (Phi) is 8.07. The number of anilines is 2. The minimum absolute atomic E-state index is 0.00211. The Balaban J connectivity index is 1.32. The SMILES string of the molecule is CNCC[C@]1(C)CN(Cc2ccc(Nc3ncc(F)c(-c4cc(F)c5nc(C)n(C(C)C)c5c4)n3)nc2)CCO1. The van der Waals surface area contributed by atoms with Crippen molar-refractivity contribution in [1.29, 1.82) is 0 Å². The number of nitrogens with one attached hydrogen (secondary N) is 2. The van der Waals surface area contributed by atoms with Crippen molar-refractivity contribution < 1.29 is 13.5 Å². The molecule has 0 saturated carbocycles. The Bertz CT molecular complexity index is 1490. The van der Waals surface area contributed by atoms with Crippen LogP contribution in [0.1, 0.15) is 44.6 Å². The zero-order valence-corrected chi connectivity index (χ0v) is 23.6. The number of benzene rings is 1. The third-order valence-electron chi connectivity index (χ3n) is 7.25. The number of morpholine rings is 1. The Morgan fingerprint density at radius 3 is 2.65 bits per heavy atom. The van der Waals surface area contributed by atoms with Gasteiger partial charge in [0.25, 0.3) is 0 Å². The lowest BCUT2D eigenvalue weighted by Gasteiger charge is -2.40. The van der Waals surface area contributed by atoms with Crippen molar-refractivity contribution in [2.24, 2.45) is 0 Å². The normalized spacial score (nSPS) is 18.1. The lowest BCUT2D eigenvalue weighted by atomic mass is 9.99. The number of hydrogen-bond donors (Lipinski definition) is 2. The third kappa shape index (κ3) is 5.96. The zero-order valence-electron chi connectivity index (χ0n) is 23.6. The van der Waals surface area contributed by atoms with E-state index in [1.807, 2.05) is 50.7 Å². The molecule has 1 atom stereocenters. The molecule has 9 nitrogen and oxygen atoms in total. The minimum atomic E-state index is -0.646. The van der Waals surface area contributed by atoms with Crippen LogP contribution in [0.15, 0.2) is 36.7 Å². The lowest BCUT2D eigenvalue weighted by Crippen LogP contribution is -2.50. The molecule has 4 heterocycles. The molecule has 1 aromatic carbocycles. The van der Waals surface area contributed by atoms with Gasteiger partial charge >= 0.3 is 0 Å². The van der Waals surface area contributed by atoms with Crippen LogP contribution in [0.2, 0.25) is 0 Å². The summed E-state index contributed by atoms with van der Waals surface area (Å²) in [5.41, 5.74) is 2.06. The van der Waals surface area contributed by atoms with E-state index in [0.29, 0.717) is 29.3 Å². The quantitative estimate of drug-likeness (QED) is 0.301. The van der Waals surface area contributed by atoms with Crippen molar-refractivity contribution in [2.45, 2.75) is 52.3 Å². The summed E-state index contributed by atoms with van der Waals surface area (Å²) in [5.74, 6) is 0.212. The fraction of sp³-hybridized carbons (Fsp3) is 0.448. The summed E-state index contributed by atoms with van der Waals surface area (Å²) in [6.45, 7) is 12.1. The fourth-order valence-electron chi connectivity index (χ4n) is 5.35. The van der Waals surface area contributed by atoms with Crippen molar-refractivity contribution >= 4 is 22.8 Å². The molecule has 1 saturated heterocycles. The van der Waals surface area contributed by atoms with E-state index in [0.717, 1.165) is 44.4 Å². The highest BCUT2D eigenvalue weighted by molar-refractivity contribution is 5.83. The second-order valence-corrected chi connectivity index (χ2v) is 10.9. The molecule has 0 unspecified atom stereocenters. The van der Waals surface area contributed by atoms with E-state index < -0.39 is 11.6 Å². The van der Waals surface area contributed by atoms with Gasteiger partial charge in [-0.3, -0.25) is 4.90 Å². The molecule has 40 heavy (non-hydrogen) atoms. The maximum absolute atomic E-state index is 15.0. The number of pyridine rings is 1. The van der Waals surface area contributed by atoms with E-state index in [1.165, 1.54) is 6.07 Å². The van der Waals surface area contributed by atoms with E-state index >= 15 is 0 Å². The summed E-state index contributed by atoms with van der Waals surface area (Å²) in [4.78, 5) is 19.7. The first-order chi connectivity index (χ1) is 19.2. The molecule has 1 fully saturated rings. The van der Waals surface area contributed by atoms with E-state index in [9.17, 15) is 8.78 Å². The number of rotatable bonds is 9. The van der Waals surface area contributed by atoms with Crippen LogP contribution in [-0.4, -0.2) is 68.3 Å². The molecule has 5 rings (SSSR count).